The van der Waals surface area contributed by atoms with Gasteiger partial charge in [0.2, 0.25) is 0 Å². The van der Waals surface area contributed by atoms with Gasteiger partial charge in [-0.05, 0) is 45.3 Å². The summed E-state index contributed by atoms with van der Waals surface area (Å²) >= 11 is 0. The van der Waals surface area contributed by atoms with Gasteiger partial charge in [-0.15, -0.1) is 0 Å². The van der Waals surface area contributed by atoms with Gasteiger partial charge in [-0.25, -0.2) is 0 Å². The summed E-state index contributed by atoms with van der Waals surface area (Å²) in [6.45, 7) is 7.95. The maximum Gasteiger partial charge on any atom is 0.140 e. The maximum atomic E-state index is 8.61. The van der Waals surface area contributed by atoms with Crippen molar-refractivity contribution in [3.05, 3.63) is 0 Å². The zero-order valence-corrected chi connectivity index (χ0v) is 11.7. The SMILES string of the molecule is CCCN1CCC(NC(CC)CC(N)=NO)CC1. The first kappa shape index (κ1) is 15.2. The topological polar surface area (TPSA) is 73.9 Å². The molecule has 1 aliphatic heterocycles. The molecule has 0 aromatic rings. The van der Waals surface area contributed by atoms with Crippen molar-refractivity contribution < 1.29 is 5.21 Å². The second-order valence-electron chi connectivity index (χ2n) is 5.18. The van der Waals surface area contributed by atoms with Crippen LogP contribution in [0.1, 0.15) is 46.0 Å². The Hall–Kier alpha value is -0.810. The third-order valence-corrected chi connectivity index (χ3v) is 3.68. The van der Waals surface area contributed by atoms with Gasteiger partial charge < -0.3 is 21.2 Å². The Kier molecular flexibility index (Phi) is 7.05. The molecule has 4 N–H and O–H groups in total. The Labute approximate surface area is 110 Å². The molecular weight excluding hydrogens is 228 g/mol. The lowest BCUT2D eigenvalue weighted by molar-refractivity contribution is 0.190. The Balaban J connectivity index is 2.29. The average molecular weight is 256 g/mol. The molecule has 1 aliphatic rings. The van der Waals surface area contributed by atoms with Gasteiger partial charge in [-0.3, -0.25) is 0 Å². The van der Waals surface area contributed by atoms with Crippen LogP contribution in [-0.2, 0) is 0 Å². The third kappa shape index (κ3) is 5.23. The van der Waals surface area contributed by atoms with Gasteiger partial charge in [0.15, 0.2) is 0 Å². The number of hydrogen-bond donors (Lipinski definition) is 3. The molecule has 0 aromatic heterocycles. The van der Waals surface area contributed by atoms with Crippen molar-refractivity contribution in [2.24, 2.45) is 10.9 Å². The second kappa shape index (κ2) is 8.32. The van der Waals surface area contributed by atoms with Crippen molar-refractivity contribution in [1.29, 1.82) is 0 Å². The van der Waals surface area contributed by atoms with Crippen molar-refractivity contribution in [2.75, 3.05) is 19.6 Å². The van der Waals surface area contributed by atoms with E-state index in [4.69, 9.17) is 10.9 Å². The molecule has 0 spiro atoms. The van der Waals surface area contributed by atoms with Crippen LogP contribution in [0.2, 0.25) is 0 Å². The van der Waals surface area contributed by atoms with E-state index in [2.05, 4.69) is 29.2 Å². The van der Waals surface area contributed by atoms with Gasteiger partial charge in [0, 0.05) is 18.5 Å². The first-order valence-corrected chi connectivity index (χ1v) is 7.14. The van der Waals surface area contributed by atoms with Crippen LogP contribution in [0.3, 0.4) is 0 Å². The molecule has 0 bridgehead atoms. The van der Waals surface area contributed by atoms with E-state index in [-0.39, 0.29) is 0 Å². The molecule has 5 heteroatoms. The smallest absolute Gasteiger partial charge is 0.140 e. The van der Waals surface area contributed by atoms with Crippen LogP contribution in [0.25, 0.3) is 0 Å². The van der Waals surface area contributed by atoms with Crippen LogP contribution in [0, 0.1) is 0 Å². The molecule has 1 atom stereocenters. The summed E-state index contributed by atoms with van der Waals surface area (Å²) in [5.74, 6) is 0.317. The van der Waals surface area contributed by atoms with Gasteiger partial charge in [0.05, 0.1) is 0 Å². The molecule has 5 nitrogen and oxygen atoms in total. The van der Waals surface area contributed by atoms with Gasteiger partial charge >= 0.3 is 0 Å². The van der Waals surface area contributed by atoms with E-state index in [0.29, 0.717) is 24.3 Å². The van der Waals surface area contributed by atoms with Crippen molar-refractivity contribution in [3.8, 4) is 0 Å². The normalized spacial score (nSPS) is 21.1. The molecule has 0 aliphatic carbocycles. The summed E-state index contributed by atoms with van der Waals surface area (Å²) in [5, 5.41) is 15.3. The van der Waals surface area contributed by atoms with E-state index in [9.17, 15) is 0 Å². The Bertz CT molecular complexity index is 249. The first-order valence-electron chi connectivity index (χ1n) is 7.14. The Morgan fingerprint density at radius 3 is 2.61 bits per heavy atom. The number of hydrogen-bond acceptors (Lipinski definition) is 4. The number of nitrogens with zero attached hydrogens (tertiary/aromatic N) is 2. The summed E-state index contributed by atoms with van der Waals surface area (Å²) in [7, 11) is 0. The predicted octanol–water partition coefficient (Wildman–Crippen LogP) is 1.37. The Morgan fingerprint density at radius 1 is 1.44 bits per heavy atom. The van der Waals surface area contributed by atoms with Gasteiger partial charge in [-0.2, -0.15) is 0 Å². The van der Waals surface area contributed by atoms with E-state index < -0.39 is 0 Å². The Morgan fingerprint density at radius 2 is 2.11 bits per heavy atom. The highest BCUT2D eigenvalue weighted by molar-refractivity contribution is 5.80. The van der Waals surface area contributed by atoms with Crippen molar-refractivity contribution in [2.45, 2.75) is 58.0 Å². The van der Waals surface area contributed by atoms with Crippen molar-refractivity contribution in [3.63, 3.8) is 0 Å². The van der Waals surface area contributed by atoms with Gasteiger partial charge in [0.1, 0.15) is 5.84 Å². The molecule has 18 heavy (non-hydrogen) atoms. The summed E-state index contributed by atoms with van der Waals surface area (Å²) in [4.78, 5) is 2.53. The average Bonchev–Trinajstić information content (AvgIpc) is 2.40. The van der Waals surface area contributed by atoms with Crippen LogP contribution < -0.4 is 11.1 Å². The lowest BCUT2D eigenvalue weighted by Crippen LogP contribution is -2.47. The zero-order valence-electron chi connectivity index (χ0n) is 11.7. The standard InChI is InChI=1S/C13H28N4O/c1-3-7-17-8-5-12(6-9-17)15-11(4-2)10-13(14)16-18/h11-12,15,18H,3-10H2,1-2H3,(H2,14,16). The minimum atomic E-state index is 0.317. The largest absolute Gasteiger partial charge is 0.409 e. The maximum absolute atomic E-state index is 8.61. The minimum absolute atomic E-state index is 0.317. The van der Waals surface area contributed by atoms with E-state index in [1.165, 1.54) is 38.9 Å². The fourth-order valence-corrected chi connectivity index (χ4v) is 2.59. The summed E-state index contributed by atoms with van der Waals surface area (Å²) in [6.07, 6.45) is 5.27. The van der Waals surface area contributed by atoms with E-state index in [1.54, 1.807) is 0 Å². The van der Waals surface area contributed by atoms with Crippen LogP contribution >= 0.6 is 0 Å². The summed E-state index contributed by atoms with van der Waals surface area (Å²) < 4.78 is 0. The molecule has 1 rings (SSSR count). The minimum Gasteiger partial charge on any atom is -0.409 e. The van der Waals surface area contributed by atoms with E-state index in [0.717, 1.165) is 6.42 Å². The molecule has 0 radical (unpaired) electrons. The number of rotatable bonds is 7. The first-order chi connectivity index (χ1) is 8.69. The fourth-order valence-electron chi connectivity index (χ4n) is 2.59. The van der Waals surface area contributed by atoms with Gasteiger partial charge in [-0.1, -0.05) is 19.0 Å². The molecular formula is C13H28N4O. The zero-order chi connectivity index (χ0) is 13.4. The van der Waals surface area contributed by atoms with Gasteiger partial charge in [0.25, 0.3) is 0 Å². The molecule has 106 valence electrons. The monoisotopic (exact) mass is 256 g/mol. The van der Waals surface area contributed by atoms with Crippen molar-refractivity contribution in [1.82, 2.24) is 10.2 Å². The van der Waals surface area contributed by atoms with Crippen LogP contribution in [-0.4, -0.2) is 47.7 Å². The quantitative estimate of drug-likeness (QED) is 0.278. The van der Waals surface area contributed by atoms with Crippen LogP contribution in [0.15, 0.2) is 5.16 Å². The molecule has 0 saturated carbocycles. The fraction of sp³-hybridized carbons (Fsp3) is 0.923. The summed E-state index contributed by atoms with van der Waals surface area (Å²) in [5.41, 5.74) is 5.57. The number of piperidine rings is 1. The molecule has 0 aromatic carbocycles. The molecule has 1 saturated heterocycles. The predicted molar refractivity (Wildman–Crippen MR) is 75.0 cm³/mol. The van der Waals surface area contributed by atoms with Crippen LogP contribution in [0.4, 0.5) is 0 Å². The molecule has 1 unspecified atom stereocenters. The number of oxime groups is 1. The van der Waals surface area contributed by atoms with E-state index >= 15 is 0 Å². The number of nitrogens with one attached hydrogen (secondary N) is 1. The molecule has 0 amide bonds. The third-order valence-electron chi connectivity index (χ3n) is 3.68. The molecule has 1 heterocycles. The second-order valence-corrected chi connectivity index (χ2v) is 5.18. The number of amidine groups is 1. The van der Waals surface area contributed by atoms with Crippen LogP contribution in [0.5, 0.6) is 0 Å². The summed E-state index contributed by atoms with van der Waals surface area (Å²) in [6, 6.07) is 0.901. The highest BCUT2D eigenvalue weighted by Crippen LogP contribution is 2.12. The lowest BCUT2D eigenvalue weighted by atomic mass is 10.0. The molecule has 1 fully saturated rings. The van der Waals surface area contributed by atoms with E-state index in [1.807, 2.05) is 0 Å². The number of likely N-dealkylation sites (tertiary alicyclic amines) is 1. The number of nitrogens with two attached hydrogens (primary N) is 1. The highest BCUT2D eigenvalue weighted by Gasteiger charge is 2.21. The lowest BCUT2D eigenvalue weighted by Gasteiger charge is -2.34. The van der Waals surface area contributed by atoms with Crippen molar-refractivity contribution >= 4 is 5.84 Å². The highest BCUT2D eigenvalue weighted by atomic mass is 16.4.